The molecule has 1 aromatic heterocycles. The third-order valence-corrected chi connectivity index (χ3v) is 4.95. The summed E-state index contributed by atoms with van der Waals surface area (Å²) in [5.74, 6) is 1.76. The number of amides is 1. The van der Waals surface area contributed by atoms with E-state index in [1.807, 2.05) is 54.6 Å². The number of para-hydroxylation sites is 2. The van der Waals surface area contributed by atoms with E-state index in [0.717, 1.165) is 5.39 Å². The minimum absolute atomic E-state index is 0.177. The second kappa shape index (κ2) is 9.34. The molecule has 0 spiro atoms. The molecule has 1 amide bonds. The number of carbonyl (C=O) groups excluding carboxylic acids is 1. The monoisotopic (exact) mass is 433 g/mol. The van der Waals surface area contributed by atoms with Crippen molar-refractivity contribution < 1.29 is 28.2 Å². The average Bonchev–Trinajstić information content (AvgIpc) is 3.21. The lowest BCUT2D eigenvalue weighted by molar-refractivity contribution is 0.0995. The van der Waals surface area contributed by atoms with Crippen LogP contribution in [0.2, 0.25) is 0 Å². The average molecular weight is 433 g/mol. The number of hydrogen-bond donors (Lipinski definition) is 1. The molecule has 0 atom stereocenters. The molecule has 0 unspecified atom stereocenters. The summed E-state index contributed by atoms with van der Waals surface area (Å²) in [4.78, 5) is 13.2. The maximum absolute atomic E-state index is 13.2. The zero-order chi connectivity index (χ0) is 22.5. The Labute approximate surface area is 185 Å². The van der Waals surface area contributed by atoms with Crippen LogP contribution >= 0.6 is 0 Å². The maximum atomic E-state index is 13.2. The van der Waals surface area contributed by atoms with Crippen LogP contribution < -0.4 is 24.3 Å². The standard InChI is InChI=1S/C25H23NO6/c1-28-21-13-16(14-22(29-2)24(21)30-3)26-25(27)23-19(15-31-17-9-5-4-6-10-17)18-11-7-8-12-20(18)32-23/h4-14H,15H2,1-3H3,(H,26,27). The van der Waals surface area contributed by atoms with Gasteiger partial charge in [-0.15, -0.1) is 0 Å². The molecular weight excluding hydrogens is 410 g/mol. The van der Waals surface area contributed by atoms with Gasteiger partial charge in [-0.3, -0.25) is 4.79 Å². The first-order chi connectivity index (χ1) is 15.6. The van der Waals surface area contributed by atoms with Gasteiger partial charge in [-0.05, 0) is 18.2 Å². The van der Waals surface area contributed by atoms with E-state index in [0.29, 0.717) is 39.8 Å². The summed E-state index contributed by atoms with van der Waals surface area (Å²) in [6.45, 7) is 0.180. The van der Waals surface area contributed by atoms with Crippen LogP contribution in [0.15, 0.2) is 71.1 Å². The smallest absolute Gasteiger partial charge is 0.291 e. The van der Waals surface area contributed by atoms with Gasteiger partial charge in [-0.25, -0.2) is 0 Å². The minimum Gasteiger partial charge on any atom is -0.493 e. The third-order valence-electron chi connectivity index (χ3n) is 4.95. The molecule has 3 aromatic carbocycles. The number of rotatable bonds is 8. The number of nitrogens with one attached hydrogen (secondary N) is 1. The summed E-state index contributed by atoms with van der Waals surface area (Å²) in [5, 5.41) is 3.67. The summed E-state index contributed by atoms with van der Waals surface area (Å²) in [6.07, 6.45) is 0. The molecule has 0 aliphatic heterocycles. The lowest BCUT2D eigenvalue weighted by Crippen LogP contribution is -2.14. The summed E-state index contributed by atoms with van der Waals surface area (Å²) in [6, 6.07) is 20.2. The van der Waals surface area contributed by atoms with Crippen LogP contribution in [0, 0.1) is 0 Å². The van der Waals surface area contributed by atoms with E-state index >= 15 is 0 Å². The number of anilines is 1. The lowest BCUT2D eigenvalue weighted by atomic mass is 10.1. The Morgan fingerprint density at radius 3 is 2.19 bits per heavy atom. The van der Waals surface area contributed by atoms with E-state index < -0.39 is 5.91 Å². The molecule has 0 aliphatic carbocycles. The summed E-state index contributed by atoms with van der Waals surface area (Å²) >= 11 is 0. The highest BCUT2D eigenvalue weighted by Crippen LogP contribution is 2.40. The molecule has 0 radical (unpaired) electrons. The predicted molar refractivity (Wildman–Crippen MR) is 121 cm³/mol. The summed E-state index contributed by atoms with van der Waals surface area (Å²) in [7, 11) is 4.55. The Balaban J connectivity index is 1.66. The molecule has 7 nitrogen and oxygen atoms in total. The van der Waals surface area contributed by atoms with Crippen molar-refractivity contribution in [2.45, 2.75) is 6.61 Å². The molecule has 7 heteroatoms. The summed E-state index contributed by atoms with van der Waals surface area (Å²) < 4.78 is 27.9. The number of hydrogen-bond acceptors (Lipinski definition) is 6. The van der Waals surface area contributed by atoms with Gasteiger partial charge in [0.2, 0.25) is 5.75 Å². The van der Waals surface area contributed by atoms with Crippen LogP contribution in [0.3, 0.4) is 0 Å². The first-order valence-corrected chi connectivity index (χ1v) is 9.94. The van der Waals surface area contributed by atoms with E-state index in [-0.39, 0.29) is 12.4 Å². The van der Waals surface area contributed by atoms with Crippen molar-refractivity contribution in [1.29, 1.82) is 0 Å². The fraction of sp³-hybridized carbons (Fsp3) is 0.160. The molecule has 0 aliphatic rings. The third kappa shape index (κ3) is 4.18. The largest absolute Gasteiger partial charge is 0.493 e. The Morgan fingerprint density at radius 2 is 1.53 bits per heavy atom. The maximum Gasteiger partial charge on any atom is 0.291 e. The van der Waals surface area contributed by atoms with Gasteiger partial charge >= 0.3 is 0 Å². The van der Waals surface area contributed by atoms with Crippen molar-refractivity contribution in [3.63, 3.8) is 0 Å². The quantitative estimate of drug-likeness (QED) is 0.407. The van der Waals surface area contributed by atoms with Crippen molar-refractivity contribution in [1.82, 2.24) is 0 Å². The minimum atomic E-state index is -0.415. The first-order valence-electron chi connectivity index (χ1n) is 9.94. The predicted octanol–water partition coefficient (Wildman–Crippen LogP) is 5.29. The second-order valence-electron chi connectivity index (χ2n) is 6.88. The topological polar surface area (TPSA) is 79.2 Å². The Kier molecular flexibility index (Phi) is 6.17. The molecule has 4 rings (SSSR count). The summed E-state index contributed by atoms with van der Waals surface area (Å²) in [5.41, 5.74) is 1.74. The highest BCUT2D eigenvalue weighted by molar-refractivity contribution is 6.06. The highest BCUT2D eigenvalue weighted by atomic mass is 16.5. The van der Waals surface area contributed by atoms with Crippen molar-refractivity contribution >= 4 is 22.6 Å². The molecular formula is C25H23NO6. The number of fused-ring (bicyclic) bond motifs is 1. The van der Waals surface area contributed by atoms with Gasteiger partial charge in [0.25, 0.3) is 5.91 Å². The van der Waals surface area contributed by atoms with E-state index in [2.05, 4.69) is 5.32 Å². The first kappa shape index (κ1) is 21.1. The normalized spacial score (nSPS) is 10.6. The molecule has 4 aromatic rings. The molecule has 1 N–H and O–H groups in total. The fourth-order valence-electron chi connectivity index (χ4n) is 3.44. The SMILES string of the molecule is COc1cc(NC(=O)c2oc3ccccc3c2COc2ccccc2)cc(OC)c1OC. The van der Waals surface area contributed by atoms with Gasteiger partial charge in [0.15, 0.2) is 17.3 Å². The number of methoxy groups -OCH3 is 3. The molecule has 164 valence electrons. The van der Waals surface area contributed by atoms with Crippen molar-refractivity contribution in [3.8, 4) is 23.0 Å². The zero-order valence-electron chi connectivity index (χ0n) is 18.0. The Hall–Kier alpha value is -4.13. The highest BCUT2D eigenvalue weighted by Gasteiger charge is 2.22. The van der Waals surface area contributed by atoms with Gasteiger partial charge in [-0.2, -0.15) is 0 Å². The second-order valence-corrected chi connectivity index (χ2v) is 6.88. The molecule has 1 heterocycles. The van der Waals surface area contributed by atoms with Gasteiger partial charge in [0, 0.05) is 28.8 Å². The van der Waals surface area contributed by atoms with Gasteiger partial charge in [0.1, 0.15) is 17.9 Å². The van der Waals surface area contributed by atoms with Crippen molar-refractivity contribution in [2.75, 3.05) is 26.6 Å². The van der Waals surface area contributed by atoms with Crippen molar-refractivity contribution in [2.24, 2.45) is 0 Å². The Bertz CT molecular complexity index is 1210. The van der Waals surface area contributed by atoms with E-state index in [1.54, 1.807) is 12.1 Å². The van der Waals surface area contributed by atoms with E-state index in [1.165, 1.54) is 21.3 Å². The number of furan rings is 1. The molecule has 32 heavy (non-hydrogen) atoms. The zero-order valence-corrected chi connectivity index (χ0v) is 18.0. The fourth-order valence-corrected chi connectivity index (χ4v) is 3.44. The molecule has 0 saturated heterocycles. The van der Waals surface area contributed by atoms with Crippen molar-refractivity contribution in [3.05, 3.63) is 78.1 Å². The lowest BCUT2D eigenvalue weighted by Gasteiger charge is -2.14. The number of benzene rings is 3. The van der Waals surface area contributed by atoms with Crippen LogP contribution in [-0.4, -0.2) is 27.2 Å². The van der Waals surface area contributed by atoms with Crippen LogP contribution in [0.1, 0.15) is 16.1 Å². The van der Waals surface area contributed by atoms with Crippen LogP contribution in [0.5, 0.6) is 23.0 Å². The molecule has 0 bridgehead atoms. The van der Waals surface area contributed by atoms with Crippen LogP contribution in [-0.2, 0) is 6.61 Å². The van der Waals surface area contributed by atoms with Gasteiger partial charge in [0.05, 0.1) is 21.3 Å². The molecule has 0 fully saturated rings. The van der Waals surface area contributed by atoms with Gasteiger partial charge < -0.3 is 28.7 Å². The number of carbonyl (C=O) groups is 1. The van der Waals surface area contributed by atoms with E-state index in [4.69, 9.17) is 23.4 Å². The van der Waals surface area contributed by atoms with Crippen LogP contribution in [0.4, 0.5) is 5.69 Å². The van der Waals surface area contributed by atoms with E-state index in [9.17, 15) is 4.79 Å². The Morgan fingerprint density at radius 1 is 0.875 bits per heavy atom. The number of ether oxygens (including phenoxy) is 4. The van der Waals surface area contributed by atoms with Crippen LogP contribution in [0.25, 0.3) is 11.0 Å². The van der Waals surface area contributed by atoms with Gasteiger partial charge in [-0.1, -0.05) is 36.4 Å². The molecule has 0 saturated carbocycles.